The van der Waals surface area contributed by atoms with Gasteiger partial charge in [0.1, 0.15) is 5.75 Å². The number of aliphatic carboxylic acids is 4. The summed E-state index contributed by atoms with van der Waals surface area (Å²) in [5.74, 6) is -2.61. The molecule has 3 heterocycles. The van der Waals surface area contributed by atoms with Crippen LogP contribution in [0.3, 0.4) is 0 Å². The minimum Gasteiger partial charge on any atom is -0.493 e. The van der Waals surface area contributed by atoms with Gasteiger partial charge in [-0.1, -0.05) is 5.16 Å². The van der Waals surface area contributed by atoms with Crippen molar-refractivity contribution in [1.82, 2.24) is 15.0 Å². The van der Waals surface area contributed by atoms with Crippen LogP contribution in [-0.4, -0.2) is 119 Å². The van der Waals surface area contributed by atoms with Crippen molar-refractivity contribution >= 4 is 34.8 Å². The molecule has 1 aromatic heterocycles. The van der Waals surface area contributed by atoms with Crippen LogP contribution in [0, 0.1) is 11.8 Å². The number of hydrogen-bond acceptors (Lipinski definition) is 11. The van der Waals surface area contributed by atoms with Crippen molar-refractivity contribution < 1.29 is 58.3 Å². The highest BCUT2D eigenvalue weighted by molar-refractivity contribution is 5.90. The summed E-state index contributed by atoms with van der Waals surface area (Å²) in [6.45, 7) is 6.22. The van der Waals surface area contributed by atoms with Crippen LogP contribution in [0.2, 0.25) is 0 Å². The van der Waals surface area contributed by atoms with E-state index < -0.39 is 23.9 Å². The van der Waals surface area contributed by atoms with Gasteiger partial charge in [0.15, 0.2) is 11.9 Å². The van der Waals surface area contributed by atoms with Crippen LogP contribution < -0.4 is 4.74 Å². The first-order valence-electron chi connectivity index (χ1n) is 15.8. The van der Waals surface area contributed by atoms with Gasteiger partial charge in [0, 0.05) is 42.8 Å². The lowest BCUT2D eigenvalue weighted by atomic mass is 9.91. The number of nitrogens with zero attached hydrogens (tertiary/aromatic N) is 3. The molecule has 5 rings (SSSR count). The van der Waals surface area contributed by atoms with Gasteiger partial charge >= 0.3 is 23.9 Å². The Kier molecular flexibility index (Phi) is 15.5. The summed E-state index contributed by atoms with van der Waals surface area (Å²) in [7, 11) is 4.16. The summed E-state index contributed by atoms with van der Waals surface area (Å²) in [4.78, 5) is 42.9. The van der Waals surface area contributed by atoms with Gasteiger partial charge in [-0.3, -0.25) is 4.90 Å². The molecule has 1 aliphatic carbocycles. The number of rotatable bonds is 14. The average Bonchev–Trinajstić information content (AvgIpc) is 3.54. The number of ether oxygens (including phenoxy) is 3. The van der Waals surface area contributed by atoms with Crippen molar-refractivity contribution in [2.24, 2.45) is 11.8 Å². The molecule has 48 heavy (non-hydrogen) atoms. The fourth-order valence-corrected chi connectivity index (χ4v) is 5.17. The SMILES string of the molecule is CN(C)Cc1c(OCC2CC2)ccc2c(CCC3CCN(CC4OCCO4)CC3)noc12.O=C(O)C=CC(=O)O.O=C(O)C=CC(=O)O. The second-order valence-electron chi connectivity index (χ2n) is 12.0. The van der Waals surface area contributed by atoms with Gasteiger partial charge in [0.2, 0.25) is 0 Å². The lowest BCUT2D eigenvalue weighted by molar-refractivity contribution is -0.134. The number of piperidine rings is 1. The maximum Gasteiger partial charge on any atom is 0.328 e. The number of aromatic nitrogens is 1. The van der Waals surface area contributed by atoms with Crippen LogP contribution in [0.25, 0.3) is 11.0 Å². The quantitative estimate of drug-likeness (QED) is 0.212. The third-order valence-corrected chi connectivity index (χ3v) is 7.75. The highest BCUT2D eigenvalue weighted by atomic mass is 16.7. The topological polar surface area (TPSA) is 209 Å². The van der Waals surface area contributed by atoms with Crippen LogP contribution in [0.1, 0.15) is 43.4 Å². The maximum atomic E-state index is 9.55. The Morgan fingerprint density at radius 2 is 1.44 bits per heavy atom. The summed E-state index contributed by atoms with van der Waals surface area (Å²) < 4.78 is 23.2. The molecule has 3 aliphatic rings. The molecule has 2 aliphatic heterocycles. The van der Waals surface area contributed by atoms with E-state index in [9.17, 15) is 19.2 Å². The number of likely N-dealkylation sites (tertiary alicyclic amines) is 1. The first kappa shape index (κ1) is 38.1. The van der Waals surface area contributed by atoms with E-state index in [-0.39, 0.29) is 6.29 Å². The zero-order valence-corrected chi connectivity index (χ0v) is 27.3. The Balaban J connectivity index is 0.000000325. The van der Waals surface area contributed by atoms with Gasteiger partial charge in [-0.15, -0.1) is 0 Å². The molecule has 0 unspecified atom stereocenters. The molecule has 0 atom stereocenters. The first-order valence-corrected chi connectivity index (χ1v) is 15.8. The zero-order valence-electron chi connectivity index (χ0n) is 27.3. The molecular weight excluding hydrogens is 630 g/mol. The van der Waals surface area contributed by atoms with E-state index in [1.54, 1.807) is 0 Å². The van der Waals surface area contributed by atoms with E-state index in [4.69, 9.17) is 39.2 Å². The molecule has 2 saturated heterocycles. The molecule has 1 aromatic carbocycles. The predicted molar refractivity (Wildman–Crippen MR) is 172 cm³/mol. The molecule has 2 aromatic rings. The van der Waals surface area contributed by atoms with E-state index in [0.29, 0.717) is 24.3 Å². The normalized spacial score (nSPS) is 17.3. The number of benzene rings is 1. The highest BCUT2D eigenvalue weighted by Gasteiger charge is 2.26. The summed E-state index contributed by atoms with van der Waals surface area (Å²) in [5, 5.41) is 36.9. The summed E-state index contributed by atoms with van der Waals surface area (Å²) in [5.41, 5.74) is 3.11. The summed E-state index contributed by atoms with van der Waals surface area (Å²) in [6, 6.07) is 4.27. The number of fused-ring (bicyclic) bond motifs is 1. The third-order valence-electron chi connectivity index (χ3n) is 7.75. The Morgan fingerprint density at radius 3 is 1.94 bits per heavy atom. The Labute approximate surface area is 278 Å². The summed E-state index contributed by atoms with van der Waals surface area (Å²) in [6.07, 6.45) is 9.38. The molecule has 264 valence electrons. The number of hydrogen-bond donors (Lipinski definition) is 4. The van der Waals surface area contributed by atoms with Gasteiger partial charge in [-0.25, -0.2) is 19.2 Å². The van der Waals surface area contributed by atoms with Crippen LogP contribution in [0.15, 0.2) is 41.0 Å². The number of aryl methyl sites for hydroxylation is 1. The Bertz CT molecular complexity index is 1350. The lowest BCUT2D eigenvalue weighted by Crippen LogP contribution is -2.39. The number of carboxylic acid groups (broad SMARTS) is 4. The van der Waals surface area contributed by atoms with Gasteiger partial charge in [0.05, 0.1) is 31.1 Å². The molecule has 1 saturated carbocycles. The summed E-state index contributed by atoms with van der Waals surface area (Å²) >= 11 is 0. The monoisotopic (exact) mass is 675 g/mol. The lowest BCUT2D eigenvalue weighted by Gasteiger charge is -2.32. The van der Waals surface area contributed by atoms with Crippen LogP contribution in [0.4, 0.5) is 0 Å². The van der Waals surface area contributed by atoms with Crippen molar-refractivity contribution in [2.75, 3.05) is 53.6 Å². The van der Waals surface area contributed by atoms with E-state index in [0.717, 1.165) is 98.7 Å². The van der Waals surface area contributed by atoms with Crippen LogP contribution >= 0.6 is 0 Å². The van der Waals surface area contributed by atoms with Crippen LogP contribution in [-0.2, 0) is 41.6 Å². The first-order chi connectivity index (χ1) is 22.9. The predicted octanol–water partition coefficient (Wildman–Crippen LogP) is 3.12. The van der Waals surface area contributed by atoms with Crippen molar-refractivity contribution in [3.05, 3.63) is 47.7 Å². The molecule has 0 radical (unpaired) electrons. The maximum absolute atomic E-state index is 9.55. The van der Waals surface area contributed by atoms with Crippen molar-refractivity contribution in [3.8, 4) is 5.75 Å². The smallest absolute Gasteiger partial charge is 0.328 e. The van der Waals surface area contributed by atoms with E-state index >= 15 is 0 Å². The molecule has 0 spiro atoms. The number of carboxylic acids is 4. The van der Waals surface area contributed by atoms with Crippen molar-refractivity contribution in [1.29, 1.82) is 0 Å². The standard InChI is InChI=1S/C25H37N3O4.2C4H4O4/c1-27(2)15-21-23(31-17-19-3-4-19)8-6-20-22(26-32-25(20)21)7-5-18-9-11-28(12-10-18)16-24-29-13-14-30-24;2*5-3(6)1-2-4(7)8/h6,8,18-19,24H,3-5,7,9-17H2,1-2H3;2*1-2H,(H,5,6)(H,7,8). The Hall–Kier alpha value is -4.31. The highest BCUT2D eigenvalue weighted by Crippen LogP contribution is 2.35. The van der Waals surface area contributed by atoms with E-state index in [1.165, 1.54) is 25.7 Å². The van der Waals surface area contributed by atoms with E-state index in [2.05, 4.69) is 41.2 Å². The van der Waals surface area contributed by atoms with Gasteiger partial charge in [-0.05, 0) is 89.7 Å². The largest absolute Gasteiger partial charge is 0.493 e. The molecular formula is C33H45N3O12. The fraction of sp³-hybridized carbons (Fsp3) is 0.545. The fourth-order valence-electron chi connectivity index (χ4n) is 5.17. The number of carbonyl (C=O) groups is 4. The molecule has 4 N–H and O–H groups in total. The van der Waals surface area contributed by atoms with E-state index in [1.807, 2.05) is 0 Å². The second-order valence-corrected chi connectivity index (χ2v) is 12.0. The zero-order chi connectivity index (χ0) is 35.1. The van der Waals surface area contributed by atoms with Crippen LogP contribution in [0.5, 0.6) is 5.75 Å². The second kappa shape index (κ2) is 19.5. The molecule has 0 amide bonds. The van der Waals surface area contributed by atoms with Gasteiger partial charge in [-0.2, -0.15) is 0 Å². The molecule has 15 heteroatoms. The van der Waals surface area contributed by atoms with Gasteiger partial charge < -0.3 is 44.1 Å². The molecule has 15 nitrogen and oxygen atoms in total. The van der Waals surface area contributed by atoms with Gasteiger partial charge in [0.25, 0.3) is 0 Å². The third kappa shape index (κ3) is 14.2. The van der Waals surface area contributed by atoms with Crippen molar-refractivity contribution in [2.45, 2.75) is 51.4 Å². The molecule has 0 bridgehead atoms. The average molecular weight is 676 g/mol. The van der Waals surface area contributed by atoms with Crippen molar-refractivity contribution in [3.63, 3.8) is 0 Å². The minimum atomic E-state index is -1.26. The Morgan fingerprint density at radius 1 is 0.875 bits per heavy atom. The minimum absolute atomic E-state index is 0.0254. The molecule has 3 fully saturated rings.